The highest BCUT2D eigenvalue weighted by atomic mass is 15.2. The Balaban J connectivity index is 1.52. The molecule has 0 radical (unpaired) electrons. The fourth-order valence-electron chi connectivity index (χ4n) is 4.60. The molecule has 2 N–H and O–H groups in total. The summed E-state index contributed by atoms with van der Waals surface area (Å²) < 4.78 is 0. The average molecular weight is 364 g/mol. The van der Waals surface area contributed by atoms with Crippen molar-refractivity contribution >= 4 is 16.7 Å². The number of aromatic nitrogens is 2. The number of likely N-dealkylation sites (tertiary alicyclic amines) is 1. The van der Waals surface area contributed by atoms with E-state index in [1.807, 2.05) is 12.1 Å². The number of fused-ring (bicyclic) bond motifs is 1. The SMILES string of the molecule is C[C@H]1CN(c2ccc(C#N)c3nccnc23)C[C@@H]1CN1CC[C@@H](N)[C@@H](C)C1. The average Bonchev–Trinajstić information content (AvgIpc) is 3.04. The predicted molar refractivity (Wildman–Crippen MR) is 107 cm³/mol. The van der Waals surface area contributed by atoms with Gasteiger partial charge in [-0.2, -0.15) is 5.26 Å². The van der Waals surface area contributed by atoms with E-state index in [0.717, 1.165) is 50.3 Å². The normalized spacial score (nSPS) is 29.2. The van der Waals surface area contributed by atoms with Crippen molar-refractivity contribution in [2.75, 3.05) is 37.6 Å². The van der Waals surface area contributed by atoms with E-state index >= 15 is 0 Å². The molecule has 2 saturated heterocycles. The maximum Gasteiger partial charge on any atom is 0.113 e. The highest BCUT2D eigenvalue weighted by molar-refractivity contribution is 5.92. The molecular formula is C21H28N6. The lowest BCUT2D eigenvalue weighted by Crippen LogP contribution is -2.47. The summed E-state index contributed by atoms with van der Waals surface area (Å²) in [5.41, 5.74) is 9.40. The van der Waals surface area contributed by atoms with Gasteiger partial charge in [-0.25, -0.2) is 0 Å². The third-order valence-electron chi connectivity index (χ3n) is 6.38. The van der Waals surface area contributed by atoms with Crippen LogP contribution in [0.5, 0.6) is 0 Å². The standard InChI is InChI=1S/C21H28N6/c1-14-11-27(13-17(14)12-26-8-5-18(23)15(2)10-26)19-4-3-16(9-22)20-21(19)25-7-6-24-20/h3-4,6-7,14-15,17-18H,5,8,10-13,23H2,1-2H3/t14-,15-,17-,18+/m0/s1. The van der Waals surface area contributed by atoms with E-state index in [2.05, 4.69) is 39.7 Å². The summed E-state index contributed by atoms with van der Waals surface area (Å²) in [7, 11) is 0. The second-order valence-corrected chi connectivity index (χ2v) is 8.33. The summed E-state index contributed by atoms with van der Waals surface area (Å²) >= 11 is 0. The van der Waals surface area contributed by atoms with Crippen LogP contribution in [0.1, 0.15) is 25.8 Å². The van der Waals surface area contributed by atoms with Gasteiger partial charge < -0.3 is 15.5 Å². The molecule has 1 aromatic heterocycles. The van der Waals surface area contributed by atoms with Crippen LogP contribution in [0.25, 0.3) is 11.0 Å². The zero-order valence-electron chi connectivity index (χ0n) is 16.2. The fraction of sp³-hybridized carbons (Fsp3) is 0.571. The van der Waals surface area contributed by atoms with E-state index in [-0.39, 0.29) is 0 Å². The van der Waals surface area contributed by atoms with Gasteiger partial charge in [0.05, 0.1) is 11.3 Å². The maximum atomic E-state index is 9.35. The molecule has 6 heteroatoms. The van der Waals surface area contributed by atoms with Crippen LogP contribution in [-0.2, 0) is 0 Å². The zero-order chi connectivity index (χ0) is 19.0. The van der Waals surface area contributed by atoms with Gasteiger partial charge in [-0.1, -0.05) is 13.8 Å². The van der Waals surface area contributed by atoms with Crippen molar-refractivity contribution in [3.05, 3.63) is 30.1 Å². The van der Waals surface area contributed by atoms with Crippen LogP contribution in [0.3, 0.4) is 0 Å². The Morgan fingerprint density at radius 3 is 2.63 bits per heavy atom. The molecule has 1 aromatic carbocycles. The number of nitrogens with two attached hydrogens (primary N) is 1. The smallest absolute Gasteiger partial charge is 0.113 e. The molecule has 27 heavy (non-hydrogen) atoms. The monoisotopic (exact) mass is 364 g/mol. The van der Waals surface area contributed by atoms with E-state index in [9.17, 15) is 5.26 Å². The Hall–Kier alpha value is -2.23. The molecule has 2 aliphatic rings. The Morgan fingerprint density at radius 2 is 1.89 bits per heavy atom. The quantitative estimate of drug-likeness (QED) is 0.899. The number of piperidine rings is 1. The predicted octanol–water partition coefficient (Wildman–Crippen LogP) is 2.24. The van der Waals surface area contributed by atoms with Gasteiger partial charge in [0.25, 0.3) is 0 Å². The van der Waals surface area contributed by atoms with Gasteiger partial charge in [-0.15, -0.1) is 0 Å². The van der Waals surface area contributed by atoms with Crippen molar-refractivity contribution in [3.63, 3.8) is 0 Å². The highest BCUT2D eigenvalue weighted by Gasteiger charge is 2.33. The fourth-order valence-corrected chi connectivity index (χ4v) is 4.60. The largest absolute Gasteiger partial charge is 0.369 e. The molecule has 142 valence electrons. The van der Waals surface area contributed by atoms with Crippen LogP contribution in [0, 0.1) is 29.1 Å². The number of hydrogen-bond donors (Lipinski definition) is 1. The number of benzene rings is 1. The minimum Gasteiger partial charge on any atom is -0.369 e. The lowest BCUT2D eigenvalue weighted by atomic mass is 9.92. The van der Waals surface area contributed by atoms with Crippen LogP contribution in [-0.4, -0.2) is 53.6 Å². The second kappa shape index (κ2) is 7.41. The summed E-state index contributed by atoms with van der Waals surface area (Å²) in [6, 6.07) is 6.49. The molecule has 0 aliphatic carbocycles. The topological polar surface area (TPSA) is 82.1 Å². The molecule has 6 nitrogen and oxygen atoms in total. The van der Waals surface area contributed by atoms with Crippen molar-refractivity contribution in [1.82, 2.24) is 14.9 Å². The zero-order valence-corrected chi connectivity index (χ0v) is 16.2. The van der Waals surface area contributed by atoms with Crippen LogP contribution >= 0.6 is 0 Å². The number of nitriles is 1. The molecule has 4 rings (SSSR count). The first-order chi connectivity index (χ1) is 13.1. The van der Waals surface area contributed by atoms with E-state index in [0.29, 0.717) is 34.9 Å². The highest BCUT2D eigenvalue weighted by Crippen LogP contribution is 2.33. The lowest BCUT2D eigenvalue weighted by Gasteiger charge is -2.37. The van der Waals surface area contributed by atoms with Crippen molar-refractivity contribution < 1.29 is 0 Å². The van der Waals surface area contributed by atoms with Gasteiger partial charge in [-0.3, -0.25) is 9.97 Å². The molecule has 4 atom stereocenters. The summed E-state index contributed by atoms with van der Waals surface area (Å²) in [5.74, 6) is 1.83. The number of anilines is 1. The van der Waals surface area contributed by atoms with E-state index < -0.39 is 0 Å². The molecule has 2 aromatic rings. The van der Waals surface area contributed by atoms with Crippen molar-refractivity contribution in [1.29, 1.82) is 5.26 Å². The van der Waals surface area contributed by atoms with Gasteiger partial charge in [0.1, 0.15) is 17.1 Å². The lowest BCUT2D eigenvalue weighted by molar-refractivity contribution is 0.138. The summed E-state index contributed by atoms with van der Waals surface area (Å²) in [6.45, 7) is 10.0. The number of rotatable bonds is 3. The number of nitrogens with zero attached hydrogens (tertiary/aromatic N) is 5. The van der Waals surface area contributed by atoms with E-state index in [1.165, 1.54) is 0 Å². The van der Waals surface area contributed by atoms with Gasteiger partial charge in [-0.05, 0) is 42.9 Å². The Morgan fingerprint density at radius 1 is 1.11 bits per heavy atom. The summed E-state index contributed by atoms with van der Waals surface area (Å²) in [4.78, 5) is 14.0. The van der Waals surface area contributed by atoms with Crippen molar-refractivity contribution in [2.24, 2.45) is 23.5 Å². The summed E-state index contributed by atoms with van der Waals surface area (Å²) in [5, 5.41) is 9.35. The van der Waals surface area contributed by atoms with Gasteiger partial charge in [0.2, 0.25) is 0 Å². The molecule has 0 saturated carbocycles. The van der Waals surface area contributed by atoms with Gasteiger partial charge >= 0.3 is 0 Å². The van der Waals surface area contributed by atoms with Crippen LogP contribution in [0.15, 0.2) is 24.5 Å². The molecule has 0 unspecified atom stereocenters. The maximum absolute atomic E-state index is 9.35. The van der Waals surface area contributed by atoms with Crippen LogP contribution in [0.2, 0.25) is 0 Å². The molecule has 2 fully saturated rings. The molecule has 2 aliphatic heterocycles. The molecule has 3 heterocycles. The van der Waals surface area contributed by atoms with Crippen LogP contribution in [0.4, 0.5) is 5.69 Å². The van der Waals surface area contributed by atoms with Crippen LogP contribution < -0.4 is 10.6 Å². The van der Waals surface area contributed by atoms with Gasteiger partial charge in [0, 0.05) is 44.6 Å². The summed E-state index contributed by atoms with van der Waals surface area (Å²) in [6.07, 6.45) is 4.47. The van der Waals surface area contributed by atoms with E-state index in [1.54, 1.807) is 12.4 Å². The minimum atomic E-state index is 0.349. The molecule has 0 spiro atoms. The Kier molecular flexibility index (Phi) is 4.98. The molecule has 0 amide bonds. The molecule has 0 bridgehead atoms. The Labute approximate surface area is 161 Å². The molecular weight excluding hydrogens is 336 g/mol. The minimum absolute atomic E-state index is 0.349. The first-order valence-electron chi connectivity index (χ1n) is 9.93. The van der Waals surface area contributed by atoms with Gasteiger partial charge in [0.15, 0.2) is 0 Å². The third-order valence-corrected chi connectivity index (χ3v) is 6.38. The van der Waals surface area contributed by atoms with E-state index in [4.69, 9.17) is 5.73 Å². The second-order valence-electron chi connectivity index (χ2n) is 8.33. The van der Waals surface area contributed by atoms with Crippen molar-refractivity contribution in [2.45, 2.75) is 26.3 Å². The first-order valence-corrected chi connectivity index (χ1v) is 9.93. The third kappa shape index (κ3) is 3.50. The number of hydrogen-bond acceptors (Lipinski definition) is 6. The van der Waals surface area contributed by atoms with Crippen molar-refractivity contribution in [3.8, 4) is 6.07 Å². The Bertz CT molecular complexity index is 859. The first kappa shape index (κ1) is 18.1.